The molecule has 2 unspecified atom stereocenters. The summed E-state index contributed by atoms with van der Waals surface area (Å²) < 4.78 is 39.1. The van der Waals surface area contributed by atoms with Gasteiger partial charge in [0.05, 0.1) is 22.3 Å². The first-order valence-electron chi connectivity index (χ1n) is 15.4. The van der Waals surface area contributed by atoms with Gasteiger partial charge in [-0.05, 0) is 62.1 Å². The van der Waals surface area contributed by atoms with Gasteiger partial charge in [0.1, 0.15) is 17.4 Å². The van der Waals surface area contributed by atoms with Crippen LogP contribution in [0.2, 0.25) is 5.02 Å². The number of benzene rings is 3. The SMILES string of the molecule is CNC(=O)c1cc2c(c(F)c1-c1c(Cl)c(F)cc3c1[C@H](C)[C@@](CNC1CCC(C)(O)CC1)(c1ccccc1)O3)C(O)C(C)C2. The number of hydrogen-bond donors (Lipinski definition) is 4. The molecular weight excluding hydrogens is 586 g/mol. The van der Waals surface area contributed by atoms with Crippen LogP contribution in [0.25, 0.3) is 11.1 Å². The van der Waals surface area contributed by atoms with Crippen LogP contribution < -0.4 is 15.4 Å². The minimum atomic E-state index is -1.07. The summed E-state index contributed by atoms with van der Waals surface area (Å²) >= 11 is 6.72. The first-order valence-corrected chi connectivity index (χ1v) is 15.7. The quantitative estimate of drug-likeness (QED) is 0.250. The van der Waals surface area contributed by atoms with Gasteiger partial charge < -0.3 is 25.6 Å². The molecule has 6 nitrogen and oxygen atoms in total. The molecule has 44 heavy (non-hydrogen) atoms. The Kier molecular flexibility index (Phi) is 8.02. The fraction of sp³-hybridized carbons (Fsp3) is 0.457. The third-order valence-corrected chi connectivity index (χ3v) is 10.5. The number of fused-ring (bicyclic) bond motifs is 2. The Morgan fingerprint density at radius 3 is 2.43 bits per heavy atom. The number of halogens is 3. The topological polar surface area (TPSA) is 90.8 Å². The van der Waals surface area contributed by atoms with E-state index in [1.165, 1.54) is 13.1 Å². The Balaban J connectivity index is 1.52. The number of nitrogens with one attached hydrogen (secondary N) is 2. The molecule has 1 amide bonds. The van der Waals surface area contributed by atoms with E-state index in [2.05, 4.69) is 10.6 Å². The second kappa shape index (κ2) is 11.4. The number of aliphatic hydroxyl groups excluding tert-OH is 1. The standard InChI is InChI=1S/C35H39ClF2N2O4/c1-18-14-20-15-23(33(42)39-4)28(31(38)27(20)32(18)41)29-26-19(2)35(21-8-6-5-7-9-21,44-25(26)16-24(37)30(29)36)17-40-22-10-12-34(3,43)13-11-22/h5-9,15-16,18-19,22,32,40-41,43H,10-14,17H2,1-4H3,(H,39,42)/t18?,19-,22?,32?,34?,35-/m0/s1. The van der Waals surface area contributed by atoms with Crippen molar-refractivity contribution in [1.82, 2.24) is 10.6 Å². The van der Waals surface area contributed by atoms with Crippen molar-refractivity contribution in [2.75, 3.05) is 13.6 Å². The van der Waals surface area contributed by atoms with Crippen molar-refractivity contribution in [3.8, 4) is 16.9 Å². The minimum absolute atomic E-state index is 0.0246. The van der Waals surface area contributed by atoms with Crippen molar-refractivity contribution in [1.29, 1.82) is 0 Å². The van der Waals surface area contributed by atoms with Crippen LogP contribution >= 0.6 is 11.6 Å². The van der Waals surface area contributed by atoms with Crippen molar-refractivity contribution in [3.63, 3.8) is 0 Å². The van der Waals surface area contributed by atoms with Gasteiger partial charge in [-0.3, -0.25) is 4.79 Å². The Labute approximate surface area is 261 Å². The molecule has 3 aliphatic rings. The molecule has 6 rings (SSSR count). The molecule has 1 fully saturated rings. The van der Waals surface area contributed by atoms with E-state index in [1.54, 1.807) is 6.07 Å². The predicted octanol–water partition coefficient (Wildman–Crippen LogP) is 6.55. The summed E-state index contributed by atoms with van der Waals surface area (Å²) in [6, 6.07) is 12.6. The maximum absolute atomic E-state index is 16.7. The van der Waals surface area contributed by atoms with E-state index in [4.69, 9.17) is 16.3 Å². The lowest BCUT2D eigenvalue weighted by molar-refractivity contribution is 0.00890. The van der Waals surface area contributed by atoms with Crippen LogP contribution in [0.15, 0.2) is 42.5 Å². The van der Waals surface area contributed by atoms with Crippen molar-refractivity contribution < 1.29 is 28.5 Å². The number of rotatable bonds is 6. The summed E-state index contributed by atoms with van der Waals surface area (Å²) in [4.78, 5) is 13.2. The minimum Gasteiger partial charge on any atom is -0.480 e. The van der Waals surface area contributed by atoms with Crippen LogP contribution in [0.5, 0.6) is 5.75 Å². The van der Waals surface area contributed by atoms with Gasteiger partial charge >= 0.3 is 0 Å². The highest BCUT2D eigenvalue weighted by Crippen LogP contribution is 2.57. The molecule has 1 aliphatic heterocycles. The van der Waals surface area contributed by atoms with Gasteiger partial charge in [-0.15, -0.1) is 0 Å². The summed E-state index contributed by atoms with van der Waals surface area (Å²) in [5, 5.41) is 27.3. The smallest absolute Gasteiger partial charge is 0.251 e. The van der Waals surface area contributed by atoms with E-state index < -0.39 is 40.8 Å². The molecule has 1 heterocycles. The molecule has 0 saturated heterocycles. The first-order chi connectivity index (χ1) is 20.9. The maximum Gasteiger partial charge on any atom is 0.251 e. The van der Waals surface area contributed by atoms with Gasteiger partial charge in [-0.25, -0.2) is 8.78 Å². The van der Waals surface area contributed by atoms with Crippen molar-refractivity contribution in [3.05, 3.63) is 86.9 Å². The van der Waals surface area contributed by atoms with Crippen LogP contribution in [0, 0.1) is 17.6 Å². The molecule has 4 N–H and O–H groups in total. The lowest BCUT2D eigenvalue weighted by atomic mass is 9.76. The molecule has 234 valence electrons. The summed E-state index contributed by atoms with van der Waals surface area (Å²) in [7, 11) is 1.45. The van der Waals surface area contributed by atoms with Gasteiger partial charge in [-0.2, -0.15) is 0 Å². The van der Waals surface area contributed by atoms with Crippen LogP contribution in [0.3, 0.4) is 0 Å². The molecule has 4 atom stereocenters. The van der Waals surface area contributed by atoms with Gasteiger partial charge in [0, 0.05) is 53.9 Å². The van der Waals surface area contributed by atoms with Gasteiger partial charge in [0.2, 0.25) is 0 Å². The first kappa shape index (κ1) is 31.0. The fourth-order valence-corrected chi connectivity index (χ4v) is 7.71. The van der Waals surface area contributed by atoms with E-state index in [-0.39, 0.29) is 45.0 Å². The normalized spacial score (nSPS) is 29.2. The van der Waals surface area contributed by atoms with Gasteiger partial charge in [0.15, 0.2) is 5.60 Å². The van der Waals surface area contributed by atoms with Crippen LogP contribution in [0.1, 0.15) is 91.1 Å². The maximum atomic E-state index is 16.7. The van der Waals surface area contributed by atoms with E-state index >= 15 is 8.78 Å². The van der Waals surface area contributed by atoms with Gasteiger partial charge in [0.25, 0.3) is 5.91 Å². The summed E-state index contributed by atoms with van der Waals surface area (Å²) in [5.74, 6) is -2.59. The van der Waals surface area contributed by atoms with Crippen molar-refractivity contribution in [2.45, 2.75) is 82.1 Å². The lowest BCUT2D eigenvalue weighted by Gasteiger charge is -2.38. The zero-order valence-electron chi connectivity index (χ0n) is 25.4. The van der Waals surface area contributed by atoms with Crippen LogP contribution in [0.4, 0.5) is 8.78 Å². The van der Waals surface area contributed by atoms with E-state index in [0.29, 0.717) is 36.9 Å². The summed E-state index contributed by atoms with van der Waals surface area (Å²) in [5.41, 5.74) is 0.271. The highest BCUT2D eigenvalue weighted by atomic mass is 35.5. The Morgan fingerprint density at radius 2 is 1.77 bits per heavy atom. The number of hydrogen-bond acceptors (Lipinski definition) is 5. The molecule has 0 aromatic heterocycles. The number of carbonyl (C=O) groups is 1. The Morgan fingerprint density at radius 1 is 1.09 bits per heavy atom. The average molecular weight is 625 g/mol. The van der Waals surface area contributed by atoms with E-state index in [9.17, 15) is 15.0 Å². The number of carbonyl (C=O) groups excluding carboxylic acids is 1. The molecule has 3 aromatic carbocycles. The second-order valence-electron chi connectivity index (χ2n) is 13.1. The Hall–Kier alpha value is -3.04. The lowest BCUT2D eigenvalue weighted by Crippen LogP contribution is -2.49. The second-order valence-corrected chi connectivity index (χ2v) is 13.5. The summed E-state index contributed by atoms with van der Waals surface area (Å²) in [6.07, 6.45) is 2.28. The third kappa shape index (κ3) is 5.00. The number of amides is 1. The van der Waals surface area contributed by atoms with Gasteiger partial charge in [-0.1, -0.05) is 55.8 Å². The highest BCUT2D eigenvalue weighted by molar-refractivity contribution is 6.34. The van der Waals surface area contributed by atoms with Crippen LogP contribution in [-0.4, -0.2) is 41.4 Å². The number of aliphatic hydroxyl groups is 2. The zero-order valence-corrected chi connectivity index (χ0v) is 26.2. The molecule has 2 aliphatic carbocycles. The molecule has 1 saturated carbocycles. The largest absolute Gasteiger partial charge is 0.480 e. The van der Waals surface area contributed by atoms with Crippen molar-refractivity contribution in [2.24, 2.45) is 5.92 Å². The molecular formula is C35H39ClF2N2O4. The van der Waals surface area contributed by atoms with E-state index in [0.717, 1.165) is 18.4 Å². The molecule has 0 bridgehead atoms. The average Bonchev–Trinajstić information content (AvgIpc) is 3.45. The fourth-order valence-electron chi connectivity index (χ4n) is 7.46. The summed E-state index contributed by atoms with van der Waals surface area (Å²) in [6.45, 7) is 5.99. The zero-order chi connectivity index (χ0) is 31.6. The molecule has 0 radical (unpaired) electrons. The molecule has 3 aromatic rings. The number of ether oxygens (including phenoxy) is 1. The monoisotopic (exact) mass is 624 g/mol. The Bertz CT molecular complexity index is 1600. The third-order valence-electron chi connectivity index (χ3n) is 10.1. The van der Waals surface area contributed by atoms with Crippen molar-refractivity contribution >= 4 is 17.5 Å². The molecule has 0 spiro atoms. The van der Waals surface area contributed by atoms with Crippen LogP contribution in [-0.2, 0) is 12.0 Å². The predicted molar refractivity (Wildman–Crippen MR) is 166 cm³/mol. The molecule has 9 heteroatoms. The van der Waals surface area contributed by atoms with E-state index in [1.807, 2.05) is 51.1 Å². The highest BCUT2D eigenvalue weighted by Gasteiger charge is 2.50.